The monoisotopic (exact) mass is 393 g/mol. The van der Waals surface area contributed by atoms with E-state index in [1.54, 1.807) is 42.0 Å². The Kier molecular flexibility index (Phi) is 6.41. The average molecular weight is 393 g/mol. The first-order valence-electron chi connectivity index (χ1n) is 8.88. The van der Waals surface area contributed by atoms with Crippen LogP contribution in [0.2, 0.25) is 0 Å². The highest BCUT2D eigenvalue weighted by atomic mass is 16.3. The van der Waals surface area contributed by atoms with E-state index in [9.17, 15) is 9.59 Å². The van der Waals surface area contributed by atoms with Gasteiger partial charge in [-0.3, -0.25) is 19.4 Å². The third-order valence-corrected chi connectivity index (χ3v) is 4.51. The molecule has 4 heterocycles. The van der Waals surface area contributed by atoms with E-state index < -0.39 is 0 Å². The smallest absolute Gasteiger partial charge is 0.290 e. The molecule has 1 amide bonds. The lowest BCUT2D eigenvalue weighted by molar-refractivity contribution is -0.132. The fourth-order valence-corrected chi connectivity index (χ4v) is 3.15. The summed E-state index contributed by atoms with van der Waals surface area (Å²) in [6.45, 7) is 0.807. The minimum atomic E-state index is -0.250. The third kappa shape index (κ3) is 4.70. The molecule has 3 aromatic rings. The van der Waals surface area contributed by atoms with Crippen molar-refractivity contribution in [3.8, 4) is 11.3 Å². The van der Waals surface area contributed by atoms with Crippen LogP contribution < -0.4 is 5.56 Å². The van der Waals surface area contributed by atoms with E-state index >= 15 is 0 Å². The van der Waals surface area contributed by atoms with Crippen LogP contribution in [0.4, 0.5) is 0 Å². The molecule has 3 aromatic heterocycles. The molecule has 1 aliphatic rings. The first-order valence-corrected chi connectivity index (χ1v) is 8.88. The van der Waals surface area contributed by atoms with Gasteiger partial charge in [-0.05, 0) is 18.2 Å². The molecular weight excluding hydrogens is 374 g/mol. The number of carbonyl (C=O) groups excluding carboxylic acids is 1. The highest BCUT2D eigenvalue weighted by Crippen LogP contribution is 2.27. The summed E-state index contributed by atoms with van der Waals surface area (Å²) in [7, 11) is 0. The predicted molar refractivity (Wildman–Crippen MR) is 104 cm³/mol. The van der Waals surface area contributed by atoms with Crippen molar-refractivity contribution >= 4 is 12.4 Å². The minimum absolute atomic E-state index is 0.0350. The molecule has 29 heavy (non-hydrogen) atoms. The SMILES string of the molecule is O=C(Cn1ccccc1=O)N1CCc2ncnc(-c3ccncc3)c2C1.O=CO. The Balaban J connectivity index is 0.000000755. The molecule has 1 aliphatic heterocycles. The summed E-state index contributed by atoms with van der Waals surface area (Å²) in [6, 6.07) is 8.66. The summed E-state index contributed by atoms with van der Waals surface area (Å²) in [5.41, 5.74) is 3.52. The minimum Gasteiger partial charge on any atom is -0.483 e. The molecule has 148 valence electrons. The fourth-order valence-electron chi connectivity index (χ4n) is 3.15. The van der Waals surface area contributed by atoms with E-state index in [4.69, 9.17) is 9.90 Å². The largest absolute Gasteiger partial charge is 0.483 e. The van der Waals surface area contributed by atoms with Crippen molar-refractivity contribution in [3.63, 3.8) is 0 Å². The van der Waals surface area contributed by atoms with E-state index in [0.717, 1.165) is 22.5 Å². The second-order valence-corrected chi connectivity index (χ2v) is 6.22. The number of carbonyl (C=O) groups is 2. The maximum Gasteiger partial charge on any atom is 0.290 e. The highest BCUT2D eigenvalue weighted by Gasteiger charge is 2.25. The van der Waals surface area contributed by atoms with Gasteiger partial charge in [0, 0.05) is 55.3 Å². The molecule has 0 saturated heterocycles. The maximum absolute atomic E-state index is 12.7. The topological polar surface area (TPSA) is 118 Å². The van der Waals surface area contributed by atoms with Gasteiger partial charge < -0.3 is 14.6 Å². The average Bonchev–Trinajstić information content (AvgIpc) is 2.75. The molecular formula is C20H19N5O4. The Morgan fingerprint density at radius 2 is 1.93 bits per heavy atom. The molecule has 0 bridgehead atoms. The van der Waals surface area contributed by atoms with Gasteiger partial charge in [0.1, 0.15) is 12.9 Å². The molecule has 1 N–H and O–H groups in total. The van der Waals surface area contributed by atoms with Crippen molar-refractivity contribution in [3.05, 3.63) is 76.9 Å². The van der Waals surface area contributed by atoms with Crippen LogP contribution in [0, 0.1) is 0 Å². The lowest BCUT2D eigenvalue weighted by atomic mass is 10.00. The van der Waals surface area contributed by atoms with E-state index in [1.807, 2.05) is 12.1 Å². The quantitative estimate of drug-likeness (QED) is 0.659. The Labute approximate surface area is 166 Å². The van der Waals surface area contributed by atoms with Crippen molar-refractivity contribution in [1.29, 1.82) is 0 Å². The van der Waals surface area contributed by atoms with Gasteiger partial charge in [0.05, 0.1) is 11.4 Å². The molecule has 0 spiro atoms. The number of hydrogen-bond acceptors (Lipinski definition) is 6. The van der Waals surface area contributed by atoms with Gasteiger partial charge in [0.15, 0.2) is 0 Å². The van der Waals surface area contributed by atoms with Crippen LogP contribution in [-0.4, -0.2) is 48.4 Å². The van der Waals surface area contributed by atoms with E-state index in [2.05, 4.69) is 15.0 Å². The zero-order valence-electron chi connectivity index (χ0n) is 15.5. The number of hydrogen-bond donors (Lipinski definition) is 1. The Hall–Kier alpha value is -3.88. The fraction of sp³-hybridized carbons (Fsp3) is 0.200. The zero-order valence-corrected chi connectivity index (χ0v) is 15.5. The van der Waals surface area contributed by atoms with Crippen LogP contribution in [-0.2, 0) is 29.1 Å². The van der Waals surface area contributed by atoms with Crippen LogP contribution >= 0.6 is 0 Å². The second-order valence-electron chi connectivity index (χ2n) is 6.22. The van der Waals surface area contributed by atoms with Gasteiger partial charge in [-0.15, -0.1) is 0 Å². The Bertz CT molecular complexity index is 1050. The summed E-state index contributed by atoms with van der Waals surface area (Å²) < 4.78 is 1.42. The number of amides is 1. The van der Waals surface area contributed by atoms with Crippen LogP contribution in [0.1, 0.15) is 11.3 Å². The molecule has 9 heteroatoms. The summed E-state index contributed by atoms with van der Waals surface area (Å²) in [5, 5.41) is 6.89. The molecule has 9 nitrogen and oxygen atoms in total. The lowest BCUT2D eigenvalue weighted by Crippen LogP contribution is -2.40. The molecule has 0 radical (unpaired) electrons. The highest BCUT2D eigenvalue weighted by molar-refractivity contribution is 5.77. The second kappa shape index (κ2) is 9.36. The summed E-state index contributed by atoms with van der Waals surface area (Å²) in [6.07, 6.45) is 7.30. The van der Waals surface area contributed by atoms with Crippen LogP contribution in [0.5, 0.6) is 0 Å². The van der Waals surface area contributed by atoms with Gasteiger partial charge in [-0.2, -0.15) is 0 Å². The van der Waals surface area contributed by atoms with Gasteiger partial charge in [0.2, 0.25) is 5.91 Å². The summed E-state index contributed by atoms with van der Waals surface area (Å²) in [5.74, 6) is -0.0894. The first-order chi connectivity index (χ1) is 14.1. The van der Waals surface area contributed by atoms with Crippen molar-refractivity contribution in [1.82, 2.24) is 24.4 Å². The summed E-state index contributed by atoms with van der Waals surface area (Å²) >= 11 is 0. The zero-order chi connectivity index (χ0) is 20.6. The number of fused-ring (bicyclic) bond motifs is 1. The van der Waals surface area contributed by atoms with Crippen molar-refractivity contribution in [2.24, 2.45) is 0 Å². The van der Waals surface area contributed by atoms with Crippen molar-refractivity contribution in [2.75, 3.05) is 6.54 Å². The van der Waals surface area contributed by atoms with Gasteiger partial charge >= 0.3 is 0 Å². The number of nitrogens with zero attached hydrogens (tertiary/aromatic N) is 5. The molecule has 0 saturated carbocycles. The number of pyridine rings is 2. The van der Waals surface area contributed by atoms with Crippen LogP contribution in [0.15, 0.2) is 60.0 Å². The Morgan fingerprint density at radius 3 is 2.66 bits per heavy atom. The van der Waals surface area contributed by atoms with E-state index in [0.29, 0.717) is 19.5 Å². The van der Waals surface area contributed by atoms with Crippen molar-refractivity contribution < 1.29 is 14.7 Å². The van der Waals surface area contributed by atoms with Crippen LogP contribution in [0.25, 0.3) is 11.3 Å². The maximum atomic E-state index is 12.7. The van der Waals surface area contributed by atoms with Gasteiger partial charge in [-0.25, -0.2) is 9.97 Å². The molecule has 0 unspecified atom stereocenters. The first kappa shape index (κ1) is 19.9. The predicted octanol–water partition coefficient (Wildman–Crippen LogP) is 0.986. The number of carboxylic acid groups (broad SMARTS) is 1. The standard InChI is InChI=1S/C19H17N5O2.CH2O2/c25-17-3-1-2-9-23(17)12-18(26)24-10-6-16-15(11-24)19(22-13-21-16)14-4-7-20-8-5-14;2-1-3/h1-5,7-9,13H,6,10-12H2;1H,(H,2,3). The lowest BCUT2D eigenvalue weighted by Gasteiger charge is -2.29. The number of rotatable bonds is 3. The van der Waals surface area contributed by atoms with E-state index in [1.165, 1.54) is 10.6 Å². The normalized spacial score (nSPS) is 12.3. The van der Waals surface area contributed by atoms with Gasteiger partial charge in [0.25, 0.3) is 12.0 Å². The molecule has 0 atom stereocenters. The number of aromatic nitrogens is 4. The van der Waals surface area contributed by atoms with Crippen molar-refractivity contribution in [2.45, 2.75) is 19.5 Å². The van der Waals surface area contributed by atoms with Crippen LogP contribution in [0.3, 0.4) is 0 Å². The molecule has 0 aromatic carbocycles. The van der Waals surface area contributed by atoms with Gasteiger partial charge in [-0.1, -0.05) is 6.07 Å². The molecule has 0 aliphatic carbocycles. The van der Waals surface area contributed by atoms with E-state index in [-0.39, 0.29) is 24.5 Å². The third-order valence-electron chi connectivity index (χ3n) is 4.51. The molecule has 0 fully saturated rings. The summed E-state index contributed by atoms with van der Waals surface area (Å²) in [4.78, 5) is 47.5. The molecule has 4 rings (SSSR count). The Morgan fingerprint density at radius 1 is 1.17 bits per heavy atom.